The van der Waals surface area contributed by atoms with Crippen LogP contribution in [-0.4, -0.2) is 35.5 Å². The Kier molecular flexibility index (Phi) is 6.14. The van der Waals surface area contributed by atoms with Crippen LogP contribution in [0.3, 0.4) is 0 Å². The van der Waals surface area contributed by atoms with Crippen molar-refractivity contribution in [2.75, 3.05) is 13.6 Å². The maximum Gasteiger partial charge on any atom is 0.323 e. The minimum absolute atomic E-state index is 0.330. The molecule has 5 heteroatoms. The summed E-state index contributed by atoms with van der Waals surface area (Å²) < 4.78 is 5.73. The van der Waals surface area contributed by atoms with E-state index in [9.17, 15) is 9.59 Å². The fraction of sp³-hybridized carbons (Fsp3) is 0.158. The highest BCUT2D eigenvalue weighted by atomic mass is 16.5. The molecule has 0 aromatic heterocycles. The van der Waals surface area contributed by atoms with Gasteiger partial charge in [0.2, 0.25) is 5.91 Å². The standard InChI is InChI=1S/C19H19NO4/c1-20(13-19(22)23)18(21)11-10-15-8-5-9-17(12-15)24-14-16-6-3-2-4-7-16/h2-12H,13-14H2,1H3,(H,22,23)/b11-10+. The Morgan fingerprint density at radius 1 is 1.12 bits per heavy atom. The molecule has 0 spiro atoms. The summed E-state index contributed by atoms with van der Waals surface area (Å²) >= 11 is 0. The molecular formula is C19H19NO4. The van der Waals surface area contributed by atoms with E-state index in [1.54, 1.807) is 6.08 Å². The number of amides is 1. The van der Waals surface area contributed by atoms with Crippen LogP contribution >= 0.6 is 0 Å². The second kappa shape index (κ2) is 8.53. The largest absolute Gasteiger partial charge is 0.489 e. The van der Waals surface area contributed by atoms with Gasteiger partial charge in [0.1, 0.15) is 18.9 Å². The van der Waals surface area contributed by atoms with Gasteiger partial charge in [-0.1, -0.05) is 42.5 Å². The van der Waals surface area contributed by atoms with Gasteiger partial charge >= 0.3 is 5.97 Å². The molecule has 2 aromatic carbocycles. The van der Waals surface area contributed by atoms with Crippen LogP contribution in [0.15, 0.2) is 60.7 Å². The molecule has 124 valence electrons. The maximum atomic E-state index is 11.8. The van der Waals surface area contributed by atoms with E-state index in [1.807, 2.05) is 54.6 Å². The number of carbonyl (C=O) groups excluding carboxylic acids is 1. The van der Waals surface area contributed by atoms with E-state index in [-0.39, 0.29) is 12.5 Å². The zero-order valence-electron chi connectivity index (χ0n) is 13.4. The number of carboxylic acids is 1. The molecule has 2 aromatic rings. The number of carbonyl (C=O) groups is 2. The molecule has 0 fully saturated rings. The molecule has 0 atom stereocenters. The molecular weight excluding hydrogens is 306 g/mol. The Balaban J connectivity index is 1.95. The highest BCUT2D eigenvalue weighted by molar-refractivity contribution is 5.93. The van der Waals surface area contributed by atoms with E-state index < -0.39 is 5.97 Å². The van der Waals surface area contributed by atoms with Crippen LogP contribution in [0.25, 0.3) is 6.08 Å². The predicted octanol–water partition coefficient (Wildman–Crippen LogP) is 2.82. The van der Waals surface area contributed by atoms with Crippen LogP contribution in [0.1, 0.15) is 11.1 Å². The first-order valence-corrected chi connectivity index (χ1v) is 7.46. The van der Waals surface area contributed by atoms with Crippen molar-refractivity contribution in [2.45, 2.75) is 6.61 Å². The molecule has 0 radical (unpaired) electrons. The molecule has 0 aliphatic heterocycles. The van der Waals surface area contributed by atoms with Crippen molar-refractivity contribution in [3.8, 4) is 5.75 Å². The Hall–Kier alpha value is -3.08. The van der Waals surface area contributed by atoms with Gasteiger partial charge in [0, 0.05) is 13.1 Å². The SMILES string of the molecule is CN(CC(=O)O)C(=O)/C=C/c1cccc(OCc2ccccc2)c1. The fourth-order valence-electron chi connectivity index (χ4n) is 2.02. The number of hydrogen-bond donors (Lipinski definition) is 1. The Morgan fingerprint density at radius 2 is 1.88 bits per heavy atom. The molecule has 0 bridgehead atoms. The summed E-state index contributed by atoms with van der Waals surface area (Å²) in [4.78, 5) is 23.5. The Morgan fingerprint density at radius 3 is 2.58 bits per heavy atom. The van der Waals surface area contributed by atoms with Crippen LogP contribution in [0.4, 0.5) is 0 Å². The summed E-state index contributed by atoms with van der Waals surface area (Å²) in [5.74, 6) is -0.712. The monoisotopic (exact) mass is 325 g/mol. The number of nitrogens with zero attached hydrogens (tertiary/aromatic N) is 1. The molecule has 1 amide bonds. The smallest absolute Gasteiger partial charge is 0.323 e. The summed E-state index contributed by atoms with van der Waals surface area (Å²) in [6.07, 6.45) is 2.98. The topological polar surface area (TPSA) is 66.8 Å². The van der Waals surface area contributed by atoms with E-state index in [0.29, 0.717) is 12.4 Å². The van der Waals surface area contributed by atoms with Crippen molar-refractivity contribution in [2.24, 2.45) is 0 Å². The molecule has 0 saturated carbocycles. The molecule has 0 aliphatic rings. The molecule has 0 aliphatic carbocycles. The van der Waals surface area contributed by atoms with E-state index in [1.165, 1.54) is 13.1 Å². The van der Waals surface area contributed by atoms with Gasteiger partial charge in [-0.15, -0.1) is 0 Å². The zero-order valence-corrected chi connectivity index (χ0v) is 13.4. The van der Waals surface area contributed by atoms with Crippen LogP contribution < -0.4 is 4.74 Å². The van der Waals surface area contributed by atoms with Crippen molar-refractivity contribution in [3.63, 3.8) is 0 Å². The first kappa shape index (κ1) is 17.3. The van der Waals surface area contributed by atoms with Gasteiger partial charge in [0.15, 0.2) is 0 Å². The molecule has 0 unspecified atom stereocenters. The van der Waals surface area contributed by atoms with Crippen molar-refractivity contribution >= 4 is 18.0 Å². The quantitative estimate of drug-likeness (QED) is 0.795. The van der Waals surface area contributed by atoms with Gasteiger partial charge in [0.05, 0.1) is 0 Å². The molecule has 2 rings (SSSR count). The van der Waals surface area contributed by atoms with Crippen LogP contribution in [-0.2, 0) is 16.2 Å². The number of rotatable bonds is 7. The van der Waals surface area contributed by atoms with Gasteiger partial charge in [-0.05, 0) is 29.3 Å². The fourth-order valence-corrected chi connectivity index (χ4v) is 2.02. The first-order chi connectivity index (χ1) is 11.5. The van der Waals surface area contributed by atoms with Crippen LogP contribution in [0, 0.1) is 0 Å². The Bertz CT molecular complexity index is 725. The van der Waals surface area contributed by atoms with E-state index in [2.05, 4.69) is 0 Å². The molecule has 0 heterocycles. The third kappa shape index (κ3) is 5.61. The second-order valence-electron chi connectivity index (χ2n) is 5.27. The second-order valence-corrected chi connectivity index (χ2v) is 5.27. The average Bonchev–Trinajstić information content (AvgIpc) is 2.58. The van der Waals surface area contributed by atoms with E-state index in [0.717, 1.165) is 16.0 Å². The van der Waals surface area contributed by atoms with Crippen molar-refractivity contribution in [1.82, 2.24) is 4.90 Å². The summed E-state index contributed by atoms with van der Waals surface area (Å²) in [5.41, 5.74) is 1.88. The maximum absolute atomic E-state index is 11.8. The molecule has 5 nitrogen and oxygen atoms in total. The van der Waals surface area contributed by atoms with Gasteiger partial charge in [-0.25, -0.2) is 0 Å². The molecule has 1 N–H and O–H groups in total. The number of benzene rings is 2. The zero-order chi connectivity index (χ0) is 17.4. The third-order valence-corrected chi connectivity index (χ3v) is 3.27. The third-order valence-electron chi connectivity index (χ3n) is 3.27. The van der Waals surface area contributed by atoms with E-state index >= 15 is 0 Å². The predicted molar refractivity (Wildman–Crippen MR) is 91.5 cm³/mol. The van der Waals surface area contributed by atoms with Crippen LogP contribution in [0.2, 0.25) is 0 Å². The summed E-state index contributed by atoms with van der Waals surface area (Å²) in [6.45, 7) is 0.137. The first-order valence-electron chi connectivity index (χ1n) is 7.46. The van der Waals surface area contributed by atoms with E-state index in [4.69, 9.17) is 9.84 Å². The average molecular weight is 325 g/mol. The lowest BCUT2D eigenvalue weighted by Gasteiger charge is -2.11. The normalized spacial score (nSPS) is 10.5. The number of ether oxygens (including phenoxy) is 1. The summed E-state index contributed by atoms with van der Waals surface area (Å²) in [5, 5.41) is 8.67. The van der Waals surface area contributed by atoms with Gasteiger partial charge in [-0.2, -0.15) is 0 Å². The van der Waals surface area contributed by atoms with Crippen LogP contribution in [0.5, 0.6) is 5.75 Å². The van der Waals surface area contributed by atoms with Gasteiger partial charge in [0.25, 0.3) is 0 Å². The van der Waals surface area contributed by atoms with Gasteiger partial charge in [-0.3, -0.25) is 9.59 Å². The number of carboxylic acid groups (broad SMARTS) is 1. The molecule has 0 saturated heterocycles. The Labute approximate surface area is 140 Å². The van der Waals surface area contributed by atoms with Crippen molar-refractivity contribution < 1.29 is 19.4 Å². The van der Waals surface area contributed by atoms with Gasteiger partial charge < -0.3 is 14.7 Å². The lowest BCUT2D eigenvalue weighted by atomic mass is 10.2. The highest BCUT2D eigenvalue weighted by Crippen LogP contribution is 2.16. The summed E-state index contributed by atoms with van der Waals surface area (Å²) in [6, 6.07) is 17.2. The number of hydrogen-bond acceptors (Lipinski definition) is 3. The highest BCUT2D eigenvalue weighted by Gasteiger charge is 2.08. The number of likely N-dealkylation sites (N-methyl/N-ethyl adjacent to an activating group) is 1. The molecule has 24 heavy (non-hydrogen) atoms. The van der Waals surface area contributed by atoms with Crippen molar-refractivity contribution in [1.29, 1.82) is 0 Å². The summed E-state index contributed by atoms with van der Waals surface area (Å²) in [7, 11) is 1.44. The minimum Gasteiger partial charge on any atom is -0.489 e. The lowest BCUT2D eigenvalue weighted by molar-refractivity contribution is -0.141. The minimum atomic E-state index is -1.05. The van der Waals surface area contributed by atoms with Crippen molar-refractivity contribution in [3.05, 3.63) is 71.8 Å². The lowest BCUT2D eigenvalue weighted by Crippen LogP contribution is -2.30. The number of aliphatic carboxylic acids is 1.